The van der Waals surface area contributed by atoms with Crippen LogP contribution < -0.4 is 4.74 Å². The molecule has 2 aromatic carbocycles. The van der Waals surface area contributed by atoms with Gasteiger partial charge in [-0.25, -0.2) is 0 Å². The monoisotopic (exact) mass is 341 g/mol. The Kier molecular flexibility index (Phi) is 4.96. The third-order valence-corrected chi connectivity index (χ3v) is 4.00. The minimum atomic E-state index is -0.323. The van der Waals surface area contributed by atoms with Gasteiger partial charge in [-0.2, -0.15) is 0 Å². The number of benzene rings is 2. The zero-order chi connectivity index (χ0) is 16.9. The van der Waals surface area contributed by atoms with Crippen LogP contribution in [0, 0.1) is 0 Å². The molecule has 0 N–H and O–H groups in total. The quantitative estimate of drug-likeness (QED) is 0.653. The molecule has 3 rings (SSSR count). The van der Waals surface area contributed by atoms with Gasteiger partial charge in [0.2, 0.25) is 0 Å². The van der Waals surface area contributed by atoms with Crippen molar-refractivity contribution in [3.63, 3.8) is 0 Å². The van der Waals surface area contributed by atoms with Crippen LogP contribution in [0.5, 0.6) is 5.75 Å². The fourth-order valence-corrected chi connectivity index (χ4v) is 2.67. The van der Waals surface area contributed by atoms with E-state index >= 15 is 0 Å². The molecule has 1 heterocycles. The Morgan fingerprint density at radius 1 is 1.17 bits per heavy atom. The Bertz CT molecular complexity index is 865. The van der Waals surface area contributed by atoms with Gasteiger partial charge in [0.15, 0.2) is 0 Å². The van der Waals surface area contributed by atoms with Gasteiger partial charge in [0.25, 0.3) is 0 Å². The van der Waals surface area contributed by atoms with Crippen molar-refractivity contribution in [2.24, 2.45) is 0 Å². The third kappa shape index (κ3) is 3.66. The highest BCUT2D eigenvalue weighted by atomic mass is 35.5. The fourth-order valence-electron chi connectivity index (χ4n) is 2.46. The number of hydrogen-bond donors (Lipinski definition) is 0. The normalized spacial score (nSPS) is 10.6. The summed E-state index contributed by atoms with van der Waals surface area (Å²) in [6.07, 6.45) is 1.75. The van der Waals surface area contributed by atoms with E-state index in [4.69, 9.17) is 21.1 Å². The fraction of sp³-hybridized carbons (Fsp3) is 0.158. The molecule has 0 saturated carbocycles. The van der Waals surface area contributed by atoms with Crippen molar-refractivity contribution in [1.82, 2.24) is 4.98 Å². The van der Waals surface area contributed by atoms with Gasteiger partial charge in [-0.3, -0.25) is 9.78 Å². The molecule has 0 bridgehead atoms. The van der Waals surface area contributed by atoms with E-state index in [2.05, 4.69) is 4.98 Å². The lowest BCUT2D eigenvalue weighted by molar-refractivity contribution is -0.144. The van der Waals surface area contributed by atoms with Gasteiger partial charge in [0.1, 0.15) is 12.4 Å². The molecule has 0 unspecified atom stereocenters. The third-order valence-electron chi connectivity index (χ3n) is 3.67. The van der Waals surface area contributed by atoms with Crippen molar-refractivity contribution in [2.75, 3.05) is 7.11 Å². The molecule has 0 saturated heterocycles. The van der Waals surface area contributed by atoms with Gasteiger partial charge in [0.05, 0.1) is 24.1 Å². The number of hydrogen-bond acceptors (Lipinski definition) is 4. The average Bonchev–Trinajstić information content (AvgIpc) is 2.61. The number of fused-ring (bicyclic) bond motifs is 1. The summed E-state index contributed by atoms with van der Waals surface area (Å²) in [6.45, 7) is 0.248. The standard InChI is InChI=1S/C19H16ClNO3/c1-23-18-11-17-15(16(20)7-8-21-17)9-14(18)10-19(22)24-12-13-5-3-2-4-6-13/h2-9,11H,10,12H2,1H3. The first kappa shape index (κ1) is 16.3. The van der Waals surface area contributed by atoms with Crippen LogP contribution in [-0.4, -0.2) is 18.1 Å². The number of aromatic nitrogens is 1. The van der Waals surface area contributed by atoms with E-state index in [9.17, 15) is 4.79 Å². The van der Waals surface area contributed by atoms with Crippen molar-refractivity contribution in [3.8, 4) is 5.75 Å². The number of ether oxygens (including phenoxy) is 2. The summed E-state index contributed by atoms with van der Waals surface area (Å²) in [5.74, 6) is 0.269. The molecule has 0 aliphatic rings. The maximum Gasteiger partial charge on any atom is 0.310 e. The number of methoxy groups -OCH3 is 1. The number of carbonyl (C=O) groups excluding carboxylic acids is 1. The van der Waals surface area contributed by atoms with Crippen LogP contribution in [0.25, 0.3) is 10.9 Å². The summed E-state index contributed by atoms with van der Waals surface area (Å²) in [5, 5.41) is 1.37. The zero-order valence-electron chi connectivity index (χ0n) is 13.2. The maximum absolute atomic E-state index is 12.1. The lowest BCUT2D eigenvalue weighted by Crippen LogP contribution is -2.09. The largest absolute Gasteiger partial charge is 0.496 e. The molecule has 24 heavy (non-hydrogen) atoms. The number of esters is 1. The summed E-state index contributed by atoms with van der Waals surface area (Å²) in [6, 6.07) is 14.9. The van der Waals surface area contributed by atoms with Gasteiger partial charge in [-0.1, -0.05) is 41.9 Å². The van der Waals surface area contributed by atoms with Crippen LogP contribution in [0.4, 0.5) is 0 Å². The predicted molar refractivity (Wildman–Crippen MR) is 93.2 cm³/mol. The molecule has 0 aliphatic heterocycles. The highest BCUT2D eigenvalue weighted by molar-refractivity contribution is 6.35. The molecule has 3 aromatic rings. The molecule has 0 aliphatic carbocycles. The molecule has 0 amide bonds. The molecule has 0 spiro atoms. The van der Waals surface area contributed by atoms with Gasteiger partial charge >= 0.3 is 5.97 Å². The highest BCUT2D eigenvalue weighted by Gasteiger charge is 2.13. The Labute approximate surface area is 145 Å². The van der Waals surface area contributed by atoms with E-state index < -0.39 is 0 Å². The second kappa shape index (κ2) is 7.32. The first-order chi connectivity index (χ1) is 11.7. The lowest BCUT2D eigenvalue weighted by atomic mass is 10.1. The first-order valence-corrected chi connectivity index (χ1v) is 7.86. The van der Waals surface area contributed by atoms with E-state index in [1.807, 2.05) is 36.4 Å². The van der Waals surface area contributed by atoms with E-state index in [0.29, 0.717) is 10.8 Å². The minimum Gasteiger partial charge on any atom is -0.496 e. The molecule has 122 valence electrons. The van der Waals surface area contributed by atoms with E-state index in [1.54, 1.807) is 25.4 Å². The topological polar surface area (TPSA) is 48.4 Å². The molecule has 0 atom stereocenters. The lowest BCUT2D eigenvalue weighted by Gasteiger charge is -2.11. The molecule has 0 fully saturated rings. The van der Waals surface area contributed by atoms with Gasteiger partial charge in [-0.05, 0) is 17.7 Å². The highest BCUT2D eigenvalue weighted by Crippen LogP contribution is 2.29. The Morgan fingerprint density at radius 3 is 2.71 bits per heavy atom. The van der Waals surface area contributed by atoms with Gasteiger partial charge < -0.3 is 9.47 Å². The predicted octanol–water partition coefficient (Wildman–Crippen LogP) is 4.18. The SMILES string of the molecule is COc1cc2nccc(Cl)c2cc1CC(=O)OCc1ccccc1. The second-order valence-electron chi connectivity index (χ2n) is 5.30. The molecule has 0 radical (unpaired) electrons. The van der Waals surface area contributed by atoms with E-state index in [-0.39, 0.29) is 19.0 Å². The van der Waals surface area contributed by atoms with Crippen LogP contribution in [-0.2, 0) is 22.6 Å². The Balaban J connectivity index is 1.78. The molecular formula is C19H16ClNO3. The van der Waals surface area contributed by atoms with Crippen LogP contribution in [0.1, 0.15) is 11.1 Å². The second-order valence-corrected chi connectivity index (χ2v) is 5.70. The average molecular weight is 342 g/mol. The molecule has 4 nitrogen and oxygen atoms in total. The van der Waals surface area contributed by atoms with Crippen molar-refractivity contribution in [2.45, 2.75) is 13.0 Å². The Morgan fingerprint density at radius 2 is 1.96 bits per heavy atom. The number of halogens is 1. The number of rotatable bonds is 5. The Hall–Kier alpha value is -2.59. The van der Waals surface area contributed by atoms with E-state index in [0.717, 1.165) is 22.0 Å². The summed E-state index contributed by atoms with van der Waals surface area (Å²) >= 11 is 6.21. The van der Waals surface area contributed by atoms with Crippen molar-refractivity contribution in [3.05, 3.63) is 70.9 Å². The zero-order valence-corrected chi connectivity index (χ0v) is 13.9. The maximum atomic E-state index is 12.1. The summed E-state index contributed by atoms with van der Waals surface area (Å²) in [5.41, 5.74) is 2.39. The number of carbonyl (C=O) groups is 1. The van der Waals surface area contributed by atoms with Crippen LogP contribution >= 0.6 is 11.6 Å². The van der Waals surface area contributed by atoms with Gasteiger partial charge in [-0.15, -0.1) is 0 Å². The molecule has 5 heteroatoms. The van der Waals surface area contributed by atoms with Crippen LogP contribution in [0.3, 0.4) is 0 Å². The molecular weight excluding hydrogens is 326 g/mol. The summed E-state index contributed by atoms with van der Waals surface area (Å²) in [7, 11) is 1.56. The number of nitrogens with zero attached hydrogens (tertiary/aromatic N) is 1. The first-order valence-electron chi connectivity index (χ1n) is 7.48. The van der Waals surface area contributed by atoms with Crippen molar-refractivity contribution < 1.29 is 14.3 Å². The van der Waals surface area contributed by atoms with E-state index in [1.165, 1.54) is 0 Å². The van der Waals surface area contributed by atoms with Crippen LogP contribution in [0.15, 0.2) is 54.7 Å². The minimum absolute atomic E-state index is 0.108. The van der Waals surface area contributed by atoms with Gasteiger partial charge in [0, 0.05) is 23.2 Å². The summed E-state index contributed by atoms with van der Waals surface area (Å²) < 4.78 is 10.7. The molecule has 1 aromatic heterocycles. The van der Waals surface area contributed by atoms with Crippen LogP contribution in [0.2, 0.25) is 5.02 Å². The number of pyridine rings is 1. The van der Waals surface area contributed by atoms with Crippen molar-refractivity contribution in [1.29, 1.82) is 0 Å². The smallest absolute Gasteiger partial charge is 0.310 e. The summed E-state index contributed by atoms with van der Waals surface area (Å²) in [4.78, 5) is 16.4. The van der Waals surface area contributed by atoms with Crippen molar-refractivity contribution >= 4 is 28.5 Å².